The molecule has 2 aromatic heterocycles. The van der Waals surface area contributed by atoms with Crippen LogP contribution >= 0.6 is 35.2 Å². The number of aromatic nitrogens is 3. The summed E-state index contributed by atoms with van der Waals surface area (Å²) in [6.07, 6.45) is 0. The average molecular weight is 395 g/mol. The fraction of sp³-hybridized carbons (Fsp3) is 0.188. The number of hydrogen-bond donors (Lipinski definition) is 2. The Kier molecular flexibility index (Phi) is 5.85. The van der Waals surface area contributed by atoms with Gasteiger partial charge in [-0.1, -0.05) is 17.7 Å². The molecule has 0 unspecified atom stereocenters. The zero-order valence-corrected chi connectivity index (χ0v) is 15.5. The SMILES string of the molecule is O=C(Cn1c(-c2cccs2)n[nH]c1=S)NCCOc1ccc(Cl)cc1. The van der Waals surface area contributed by atoms with Crippen LogP contribution in [0.25, 0.3) is 10.7 Å². The molecule has 0 aliphatic carbocycles. The summed E-state index contributed by atoms with van der Waals surface area (Å²) in [5.74, 6) is 1.21. The van der Waals surface area contributed by atoms with Gasteiger partial charge in [0.05, 0.1) is 11.4 Å². The molecule has 2 heterocycles. The van der Waals surface area contributed by atoms with Crippen molar-refractivity contribution in [2.45, 2.75) is 6.54 Å². The van der Waals surface area contributed by atoms with Crippen LogP contribution in [0.1, 0.15) is 0 Å². The van der Waals surface area contributed by atoms with Crippen LogP contribution in [0.2, 0.25) is 5.02 Å². The Hall–Kier alpha value is -2.16. The van der Waals surface area contributed by atoms with Crippen molar-refractivity contribution in [3.63, 3.8) is 0 Å². The third kappa shape index (κ3) is 4.68. The van der Waals surface area contributed by atoms with Gasteiger partial charge in [-0.15, -0.1) is 11.3 Å². The normalized spacial score (nSPS) is 10.6. The molecule has 25 heavy (non-hydrogen) atoms. The topological polar surface area (TPSA) is 71.9 Å². The summed E-state index contributed by atoms with van der Waals surface area (Å²) in [5, 5.41) is 12.3. The summed E-state index contributed by atoms with van der Waals surface area (Å²) in [4.78, 5) is 13.1. The fourth-order valence-corrected chi connectivity index (χ4v) is 3.19. The Labute approximate surface area is 158 Å². The minimum Gasteiger partial charge on any atom is -0.492 e. The van der Waals surface area contributed by atoms with E-state index in [0.29, 0.717) is 34.5 Å². The summed E-state index contributed by atoms with van der Waals surface area (Å²) in [6.45, 7) is 0.854. The van der Waals surface area contributed by atoms with E-state index in [9.17, 15) is 4.79 Å². The van der Waals surface area contributed by atoms with Crippen molar-refractivity contribution < 1.29 is 9.53 Å². The molecular weight excluding hydrogens is 380 g/mol. The van der Waals surface area contributed by atoms with Crippen LogP contribution in [0.3, 0.4) is 0 Å². The number of halogens is 1. The van der Waals surface area contributed by atoms with Gasteiger partial charge in [0.25, 0.3) is 0 Å². The predicted octanol–water partition coefficient (Wildman–Crippen LogP) is 3.52. The Balaban J connectivity index is 1.51. The van der Waals surface area contributed by atoms with Crippen LogP contribution in [0.15, 0.2) is 41.8 Å². The molecule has 2 N–H and O–H groups in total. The molecule has 0 saturated heterocycles. The lowest BCUT2D eigenvalue weighted by Gasteiger charge is -2.09. The third-order valence-electron chi connectivity index (χ3n) is 3.31. The highest BCUT2D eigenvalue weighted by Gasteiger charge is 2.12. The molecule has 0 bridgehead atoms. The smallest absolute Gasteiger partial charge is 0.240 e. The molecule has 0 spiro atoms. The molecule has 9 heteroatoms. The first-order valence-corrected chi connectivity index (χ1v) is 9.14. The molecule has 130 valence electrons. The molecule has 0 fully saturated rings. The largest absolute Gasteiger partial charge is 0.492 e. The third-order valence-corrected chi connectivity index (χ3v) is 4.74. The lowest BCUT2D eigenvalue weighted by Crippen LogP contribution is -2.31. The standard InChI is InChI=1S/C16H15ClN4O2S2/c17-11-3-5-12(6-4-11)23-8-7-18-14(22)10-21-15(19-20-16(21)24)13-2-1-9-25-13/h1-6,9H,7-8,10H2,(H,18,22)(H,20,24). The van der Waals surface area contributed by atoms with E-state index < -0.39 is 0 Å². The lowest BCUT2D eigenvalue weighted by molar-refractivity contribution is -0.121. The highest BCUT2D eigenvalue weighted by atomic mass is 35.5. The predicted molar refractivity (Wildman–Crippen MR) is 101 cm³/mol. The number of amides is 1. The van der Waals surface area contributed by atoms with Gasteiger partial charge in [-0.2, -0.15) is 5.10 Å². The van der Waals surface area contributed by atoms with Crippen LogP contribution in [0.5, 0.6) is 5.75 Å². The Morgan fingerprint density at radius 3 is 2.88 bits per heavy atom. The zero-order chi connectivity index (χ0) is 17.6. The molecule has 0 radical (unpaired) electrons. The van der Waals surface area contributed by atoms with Crippen LogP contribution in [-0.2, 0) is 11.3 Å². The van der Waals surface area contributed by atoms with E-state index in [1.165, 1.54) is 11.3 Å². The maximum atomic E-state index is 12.2. The van der Waals surface area contributed by atoms with E-state index in [2.05, 4.69) is 15.5 Å². The number of nitrogens with one attached hydrogen (secondary N) is 2. The van der Waals surface area contributed by atoms with Crippen molar-refractivity contribution in [2.75, 3.05) is 13.2 Å². The number of hydrogen-bond acceptors (Lipinski definition) is 5. The highest BCUT2D eigenvalue weighted by molar-refractivity contribution is 7.71. The van der Waals surface area contributed by atoms with Gasteiger partial charge >= 0.3 is 0 Å². The number of aromatic amines is 1. The number of nitrogens with zero attached hydrogens (tertiary/aromatic N) is 2. The van der Waals surface area contributed by atoms with Gasteiger partial charge in [-0.05, 0) is 47.9 Å². The molecule has 6 nitrogen and oxygen atoms in total. The summed E-state index contributed by atoms with van der Waals surface area (Å²) in [7, 11) is 0. The first-order valence-electron chi connectivity index (χ1n) is 7.47. The first kappa shape index (κ1) is 17.7. The fourth-order valence-electron chi connectivity index (χ4n) is 2.15. The maximum absolute atomic E-state index is 12.2. The second kappa shape index (κ2) is 8.28. The van der Waals surface area contributed by atoms with Gasteiger partial charge in [0, 0.05) is 5.02 Å². The van der Waals surface area contributed by atoms with Crippen LogP contribution < -0.4 is 10.1 Å². The maximum Gasteiger partial charge on any atom is 0.240 e. The number of carbonyl (C=O) groups is 1. The van der Waals surface area contributed by atoms with E-state index in [1.807, 2.05) is 17.5 Å². The molecule has 0 aliphatic heterocycles. The number of H-pyrrole nitrogens is 1. The lowest BCUT2D eigenvalue weighted by atomic mass is 10.3. The number of carbonyl (C=O) groups excluding carboxylic acids is 1. The van der Waals surface area contributed by atoms with Crippen molar-refractivity contribution in [3.8, 4) is 16.5 Å². The van der Waals surface area contributed by atoms with Crippen LogP contribution in [-0.4, -0.2) is 33.8 Å². The van der Waals surface area contributed by atoms with E-state index in [1.54, 1.807) is 28.8 Å². The number of rotatable bonds is 7. The molecule has 3 aromatic rings. The van der Waals surface area contributed by atoms with E-state index in [4.69, 9.17) is 28.6 Å². The second-order valence-corrected chi connectivity index (χ2v) is 6.84. The number of benzene rings is 1. The summed E-state index contributed by atoms with van der Waals surface area (Å²) < 4.78 is 7.63. The molecule has 0 aliphatic rings. The average Bonchev–Trinajstić information content (AvgIpc) is 3.24. The Bertz CT molecular complexity index is 888. The van der Waals surface area contributed by atoms with Crippen LogP contribution in [0.4, 0.5) is 0 Å². The van der Waals surface area contributed by atoms with Gasteiger partial charge in [0.2, 0.25) is 5.91 Å². The van der Waals surface area contributed by atoms with Crippen molar-refractivity contribution >= 4 is 41.1 Å². The number of thiophene rings is 1. The van der Waals surface area contributed by atoms with E-state index >= 15 is 0 Å². The zero-order valence-electron chi connectivity index (χ0n) is 13.1. The quantitative estimate of drug-likeness (QED) is 0.475. The monoisotopic (exact) mass is 394 g/mol. The van der Waals surface area contributed by atoms with Crippen molar-refractivity contribution in [1.82, 2.24) is 20.1 Å². The van der Waals surface area contributed by atoms with Gasteiger partial charge < -0.3 is 10.1 Å². The minimum atomic E-state index is -0.157. The minimum absolute atomic E-state index is 0.101. The van der Waals surface area contributed by atoms with Gasteiger partial charge in [0.15, 0.2) is 10.6 Å². The molecule has 0 atom stereocenters. The van der Waals surface area contributed by atoms with Crippen molar-refractivity contribution in [3.05, 3.63) is 51.6 Å². The van der Waals surface area contributed by atoms with Gasteiger partial charge in [-0.25, -0.2) is 0 Å². The molecular formula is C16H15ClN4O2S2. The first-order chi connectivity index (χ1) is 12.1. The second-order valence-electron chi connectivity index (χ2n) is 5.07. The Morgan fingerprint density at radius 1 is 1.36 bits per heavy atom. The summed E-state index contributed by atoms with van der Waals surface area (Å²) in [5.41, 5.74) is 0. The molecule has 0 saturated carbocycles. The number of ether oxygens (including phenoxy) is 1. The van der Waals surface area contributed by atoms with Crippen molar-refractivity contribution in [1.29, 1.82) is 0 Å². The Morgan fingerprint density at radius 2 is 2.16 bits per heavy atom. The van der Waals surface area contributed by atoms with Crippen molar-refractivity contribution in [2.24, 2.45) is 0 Å². The van der Waals surface area contributed by atoms with E-state index in [-0.39, 0.29) is 12.5 Å². The van der Waals surface area contributed by atoms with Gasteiger partial charge in [-0.3, -0.25) is 14.5 Å². The summed E-state index contributed by atoms with van der Waals surface area (Å²) >= 11 is 12.6. The van der Waals surface area contributed by atoms with Crippen LogP contribution in [0, 0.1) is 4.77 Å². The molecule has 1 aromatic carbocycles. The highest BCUT2D eigenvalue weighted by Crippen LogP contribution is 2.22. The van der Waals surface area contributed by atoms with E-state index in [0.717, 1.165) is 4.88 Å². The summed E-state index contributed by atoms with van der Waals surface area (Å²) in [6, 6.07) is 10.9. The molecule has 3 rings (SSSR count). The van der Waals surface area contributed by atoms with Gasteiger partial charge in [0.1, 0.15) is 18.9 Å². The molecule has 1 amide bonds.